The maximum atomic E-state index is 10.9. The largest absolute Gasteiger partial charge is 1.00 e. The molecule has 0 saturated carbocycles. The van der Waals surface area contributed by atoms with Crippen LogP contribution in [0, 0.1) is 0 Å². The van der Waals surface area contributed by atoms with Crippen LogP contribution in [0.25, 0.3) is 0 Å². The van der Waals surface area contributed by atoms with Crippen LogP contribution in [-0.4, -0.2) is 20.1 Å². The van der Waals surface area contributed by atoms with E-state index in [0.717, 1.165) is 5.75 Å². The Hall–Kier alpha value is -1.25. The molecule has 0 aromatic heterocycles. The van der Waals surface area contributed by atoms with Crippen LogP contribution in [0.1, 0.15) is 0 Å². The van der Waals surface area contributed by atoms with Crippen LogP contribution >= 0.6 is 0 Å². The third-order valence-corrected chi connectivity index (χ3v) is 3.36. The van der Waals surface area contributed by atoms with Crippen molar-refractivity contribution in [2.45, 2.75) is 4.90 Å². The Bertz CT molecular complexity index is 713. The van der Waals surface area contributed by atoms with E-state index < -0.39 is 10.1 Å². The van der Waals surface area contributed by atoms with Crippen molar-refractivity contribution in [1.29, 1.82) is 0 Å². The minimum absolute atomic E-state index is 0. The van der Waals surface area contributed by atoms with Crippen molar-refractivity contribution in [3.8, 4) is 5.75 Å². The van der Waals surface area contributed by atoms with Crippen LogP contribution in [0.5, 0.6) is 5.75 Å². The van der Waals surface area contributed by atoms with Crippen LogP contribution in [0.15, 0.2) is 63.7 Å². The van der Waals surface area contributed by atoms with Gasteiger partial charge in [0.1, 0.15) is 5.75 Å². The van der Waals surface area contributed by atoms with Crippen molar-refractivity contribution in [3.05, 3.63) is 48.5 Å². The zero-order valence-electron chi connectivity index (χ0n) is 11.6. The fourth-order valence-electron chi connectivity index (χ4n) is 1.45. The summed E-state index contributed by atoms with van der Waals surface area (Å²) in [4.78, 5) is -0.180. The Morgan fingerprint density at radius 2 is 1.33 bits per heavy atom. The van der Waals surface area contributed by atoms with Crippen LogP contribution in [-0.2, 0) is 10.1 Å². The van der Waals surface area contributed by atoms with Gasteiger partial charge in [0.2, 0.25) is 0 Å². The molecular formula is C13H12N2NaO4S+. The van der Waals surface area contributed by atoms with Crippen molar-refractivity contribution in [3.63, 3.8) is 0 Å². The molecule has 0 aliphatic heterocycles. The Labute approximate surface area is 144 Å². The first-order chi connectivity index (χ1) is 9.49. The van der Waals surface area contributed by atoms with Gasteiger partial charge in [-0.1, -0.05) is 0 Å². The molecule has 0 aliphatic rings. The third kappa shape index (κ3) is 5.22. The third-order valence-electron chi connectivity index (χ3n) is 2.49. The topological polar surface area (TPSA) is 88.3 Å². The second-order valence-electron chi connectivity index (χ2n) is 3.87. The molecule has 2 aromatic rings. The smallest absolute Gasteiger partial charge is 0.497 e. The minimum Gasteiger partial charge on any atom is -0.497 e. The van der Waals surface area contributed by atoms with Crippen molar-refractivity contribution in [2.75, 3.05) is 7.11 Å². The van der Waals surface area contributed by atoms with Crippen LogP contribution in [0.2, 0.25) is 0 Å². The zero-order chi connectivity index (χ0) is 14.6. The second kappa shape index (κ2) is 7.67. The van der Waals surface area contributed by atoms with Crippen LogP contribution < -0.4 is 34.3 Å². The molecular weight excluding hydrogens is 303 g/mol. The first kappa shape index (κ1) is 17.8. The summed E-state index contributed by atoms with van der Waals surface area (Å²) in [7, 11) is -2.60. The molecule has 0 radical (unpaired) electrons. The summed E-state index contributed by atoms with van der Waals surface area (Å²) in [5.74, 6) is 0.724. The Balaban J connectivity index is 0.00000220. The Kier molecular flexibility index (Phi) is 6.50. The molecule has 2 rings (SSSR count). The van der Waals surface area contributed by atoms with Gasteiger partial charge in [0.05, 0.1) is 23.4 Å². The number of nitrogens with zero attached hydrogens (tertiary/aromatic N) is 2. The second-order valence-corrected chi connectivity index (χ2v) is 5.29. The summed E-state index contributed by atoms with van der Waals surface area (Å²) in [6.45, 7) is 0. The summed E-state index contributed by atoms with van der Waals surface area (Å²) in [5, 5.41) is 7.96. The number of ether oxygens (including phenoxy) is 1. The summed E-state index contributed by atoms with van der Waals surface area (Å²) < 4.78 is 35.6. The average molecular weight is 315 g/mol. The summed E-state index contributed by atoms with van der Waals surface area (Å²) >= 11 is 0. The van der Waals surface area contributed by atoms with Gasteiger partial charge in [-0.25, -0.2) is 0 Å². The summed E-state index contributed by atoms with van der Waals surface area (Å²) in [6.07, 6.45) is 0. The van der Waals surface area contributed by atoms with Gasteiger partial charge in [-0.05, 0) is 48.5 Å². The van der Waals surface area contributed by atoms with E-state index in [1.165, 1.54) is 24.3 Å². The Morgan fingerprint density at radius 1 is 0.905 bits per heavy atom. The number of benzene rings is 2. The average Bonchev–Trinajstić information content (AvgIpc) is 2.45. The van der Waals surface area contributed by atoms with E-state index in [1.807, 2.05) is 0 Å². The van der Waals surface area contributed by atoms with Crippen LogP contribution in [0.4, 0.5) is 11.4 Å². The molecule has 0 saturated heterocycles. The molecule has 0 spiro atoms. The molecule has 8 heteroatoms. The molecule has 0 heterocycles. The summed E-state index contributed by atoms with van der Waals surface area (Å²) in [5.41, 5.74) is 1.12. The Morgan fingerprint density at radius 3 is 1.71 bits per heavy atom. The number of rotatable bonds is 4. The van der Waals surface area contributed by atoms with Crippen molar-refractivity contribution in [2.24, 2.45) is 10.2 Å². The first-order valence-corrected chi connectivity index (χ1v) is 7.06. The maximum absolute atomic E-state index is 10.9. The van der Waals surface area contributed by atoms with E-state index in [4.69, 9.17) is 9.29 Å². The monoisotopic (exact) mass is 315 g/mol. The molecule has 21 heavy (non-hydrogen) atoms. The number of hydrogen-bond acceptors (Lipinski definition) is 5. The van der Waals surface area contributed by atoms with Gasteiger partial charge >= 0.3 is 29.6 Å². The fourth-order valence-corrected chi connectivity index (χ4v) is 1.93. The quantitative estimate of drug-likeness (QED) is 0.501. The fraction of sp³-hybridized carbons (Fsp3) is 0.0769. The van der Waals surface area contributed by atoms with E-state index in [2.05, 4.69) is 10.2 Å². The molecule has 104 valence electrons. The van der Waals surface area contributed by atoms with E-state index in [9.17, 15) is 8.42 Å². The predicted octanol–water partition coefficient (Wildman–Crippen LogP) is 0.361. The zero-order valence-corrected chi connectivity index (χ0v) is 14.4. The van der Waals surface area contributed by atoms with E-state index in [0.29, 0.717) is 11.4 Å². The van der Waals surface area contributed by atoms with Crippen molar-refractivity contribution >= 4 is 21.5 Å². The number of azo groups is 1. The van der Waals surface area contributed by atoms with Gasteiger partial charge < -0.3 is 4.74 Å². The molecule has 0 atom stereocenters. The molecule has 2 aromatic carbocycles. The predicted molar refractivity (Wildman–Crippen MR) is 73.4 cm³/mol. The van der Waals surface area contributed by atoms with Crippen LogP contribution in [0.3, 0.4) is 0 Å². The molecule has 0 amide bonds. The molecule has 1 N–H and O–H groups in total. The standard InChI is InChI=1S/C13H12N2O4S.Na/c1-19-12-6-2-10(3-7-12)14-15-11-4-8-13(9-5-11)20(16,17)18;/h2-9H,1H3,(H,16,17,18);/q;+1. The maximum Gasteiger partial charge on any atom is 1.00 e. The van der Waals surface area contributed by atoms with Gasteiger partial charge in [0.25, 0.3) is 10.1 Å². The molecule has 0 fully saturated rings. The molecule has 0 bridgehead atoms. The minimum atomic E-state index is -4.18. The van der Waals surface area contributed by atoms with Gasteiger partial charge in [-0.15, -0.1) is 0 Å². The van der Waals surface area contributed by atoms with Gasteiger partial charge in [0, 0.05) is 0 Å². The van der Waals surface area contributed by atoms with Gasteiger partial charge in [0.15, 0.2) is 0 Å². The van der Waals surface area contributed by atoms with Gasteiger partial charge in [-0.2, -0.15) is 18.6 Å². The number of hydrogen-bond donors (Lipinski definition) is 1. The first-order valence-electron chi connectivity index (χ1n) is 5.62. The van der Waals surface area contributed by atoms with Crippen molar-refractivity contribution in [1.82, 2.24) is 0 Å². The van der Waals surface area contributed by atoms with E-state index in [-0.39, 0.29) is 34.5 Å². The molecule has 6 nitrogen and oxygen atoms in total. The van der Waals surface area contributed by atoms with Crippen molar-refractivity contribution < 1.29 is 47.3 Å². The summed E-state index contributed by atoms with van der Waals surface area (Å²) in [6, 6.07) is 12.4. The van der Waals surface area contributed by atoms with E-state index >= 15 is 0 Å². The SMILES string of the molecule is COc1ccc(N=Nc2ccc(S(=O)(=O)O)cc2)cc1.[Na+]. The normalized spacial score (nSPS) is 11.1. The number of methoxy groups -OCH3 is 1. The molecule has 0 unspecified atom stereocenters. The molecule has 0 aliphatic carbocycles. The van der Waals surface area contributed by atoms with Gasteiger partial charge in [-0.3, -0.25) is 4.55 Å². The van der Waals surface area contributed by atoms with E-state index in [1.54, 1.807) is 31.4 Å².